The lowest BCUT2D eigenvalue weighted by Crippen LogP contribution is -2.40. The predicted molar refractivity (Wildman–Crippen MR) is 85.8 cm³/mol. The molecule has 5 heteroatoms. The highest BCUT2D eigenvalue weighted by molar-refractivity contribution is 5.33. The third kappa shape index (κ3) is 3.80. The normalized spacial score (nSPS) is 18.5. The molecular weight excluding hydrogens is 276 g/mol. The molecule has 2 aromatic rings. The van der Waals surface area contributed by atoms with Crippen LogP contribution in [0.2, 0.25) is 0 Å². The van der Waals surface area contributed by atoms with Crippen molar-refractivity contribution in [1.29, 1.82) is 0 Å². The number of pyridine rings is 1. The van der Waals surface area contributed by atoms with Gasteiger partial charge in [-0.25, -0.2) is 9.97 Å². The Balaban J connectivity index is 1.61. The zero-order valence-corrected chi connectivity index (χ0v) is 13.2. The summed E-state index contributed by atoms with van der Waals surface area (Å²) >= 11 is 0. The maximum atomic E-state index is 6.02. The van der Waals surface area contributed by atoms with Crippen molar-refractivity contribution in [2.75, 3.05) is 18.0 Å². The number of ether oxygens (including phenoxy) is 1. The molecule has 0 radical (unpaired) electrons. The van der Waals surface area contributed by atoms with Crippen LogP contribution in [0, 0.1) is 13.8 Å². The van der Waals surface area contributed by atoms with Gasteiger partial charge in [0, 0.05) is 30.7 Å². The summed E-state index contributed by atoms with van der Waals surface area (Å²) in [5, 5.41) is 0. The Morgan fingerprint density at radius 1 is 1.23 bits per heavy atom. The lowest BCUT2D eigenvalue weighted by Gasteiger charge is -2.32. The number of nitrogens with zero attached hydrogens (tertiary/aromatic N) is 4. The third-order valence-electron chi connectivity index (χ3n) is 3.82. The average molecular weight is 298 g/mol. The molecule has 116 valence electrons. The SMILES string of the molecule is Cc1cc(C)nc(N2CCC[C@H](OCc3ccccn3)C2)n1. The van der Waals surface area contributed by atoms with Gasteiger partial charge in [-0.05, 0) is 44.9 Å². The number of rotatable bonds is 4. The molecule has 3 rings (SSSR count). The van der Waals surface area contributed by atoms with E-state index in [1.807, 2.05) is 38.1 Å². The monoisotopic (exact) mass is 298 g/mol. The fourth-order valence-electron chi connectivity index (χ4n) is 2.79. The Bertz CT molecular complexity index is 597. The van der Waals surface area contributed by atoms with E-state index in [2.05, 4.69) is 19.9 Å². The first-order valence-corrected chi connectivity index (χ1v) is 7.79. The minimum absolute atomic E-state index is 0.208. The highest BCUT2D eigenvalue weighted by Crippen LogP contribution is 2.19. The van der Waals surface area contributed by atoms with E-state index in [1.54, 1.807) is 6.20 Å². The predicted octanol–water partition coefficient (Wildman–Crippen LogP) is 2.67. The summed E-state index contributed by atoms with van der Waals surface area (Å²) in [6.07, 6.45) is 4.19. The Morgan fingerprint density at radius 3 is 2.77 bits per heavy atom. The van der Waals surface area contributed by atoms with Crippen LogP contribution in [0.4, 0.5) is 5.95 Å². The van der Waals surface area contributed by atoms with Crippen LogP contribution < -0.4 is 4.90 Å². The number of hydrogen-bond donors (Lipinski definition) is 0. The molecule has 0 amide bonds. The summed E-state index contributed by atoms with van der Waals surface area (Å²) in [6.45, 7) is 6.42. The Morgan fingerprint density at radius 2 is 2.05 bits per heavy atom. The van der Waals surface area contributed by atoms with E-state index < -0.39 is 0 Å². The van der Waals surface area contributed by atoms with Crippen molar-refractivity contribution in [3.8, 4) is 0 Å². The molecule has 0 unspecified atom stereocenters. The van der Waals surface area contributed by atoms with Crippen LogP contribution in [0.1, 0.15) is 29.9 Å². The number of anilines is 1. The van der Waals surface area contributed by atoms with E-state index in [4.69, 9.17) is 4.74 Å². The van der Waals surface area contributed by atoms with E-state index in [-0.39, 0.29) is 6.10 Å². The minimum atomic E-state index is 0.208. The van der Waals surface area contributed by atoms with Crippen molar-refractivity contribution in [2.24, 2.45) is 0 Å². The molecule has 1 saturated heterocycles. The largest absolute Gasteiger partial charge is 0.370 e. The molecule has 3 heterocycles. The van der Waals surface area contributed by atoms with Gasteiger partial charge in [0.25, 0.3) is 0 Å². The van der Waals surface area contributed by atoms with E-state index in [9.17, 15) is 0 Å². The summed E-state index contributed by atoms with van der Waals surface area (Å²) < 4.78 is 6.02. The van der Waals surface area contributed by atoms with Gasteiger partial charge in [-0.15, -0.1) is 0 Å². The molecule has 1 aliphatic rings. The zero-order valence-electron chi connectivity index (χ0n) is 13.2. The smallest absolute Gasteiger partial charge is 0.225 e. The molecule has 1 atom stereocenters. The first kappa shape index (κ1) is 14.9. The molecule has 0 saturated carbocycles. The van der Waals surface area contributed by atoms with Crippen LogP contribution in [0.5, 0.6) is 0 Å². The Hall–Kier alpha value is -2.01. The van der Waals surface area contributed by atoms with Crippen LogP contribution in [-0.2, 0) is 11.3 Å². The second-order valence-electron chi connectivity index (χ2n) is 5.79. The first-order valence-electron chi connectivity index (χ1n) is 7.79. The quantitative estimate of drug-likeness (QED) is 0.868. The molecule has 0 bridgehead atoms. The Labute approximate surface area is 131 Å². The van der Waals surface area contributed by atoms with Crippen LogP contribution in [-0.4, -0.2) is 34.1 Å². The molecular formula is C17H22N4O. The fraction of sp³-hybridized carbons (Fsp3) is 0.471. The second kappa shape index (κ2) is 6.83. The fourth-order valence-corrected chi connectivity index (χ4v) is 2.79. The molecule has 0 aromatic carbocycles. The molecule has 2 aromatic heterocycles. The van der Waals surface area contributed by atoms with E-state index in [0.29, 0.717) is 6.61 Å². The summed E-state index contributed by atoms with van der Waals surface area (Å²) in [6, 6.07) is 7.90. The molecule has 0 aliphatic carbocycles. The van der Waals surface area contributed by atoms with Crippen LogP contribution >= 0.6 is 0 Å². The molecule has 22 heavy (non-hydrogen) atoms. The lowest BCUT2D eigenvalue weighted by molar-refractivity contribution is 0.0295. The van der Waals surface area contributed by atoms with Gasteiger partial charge in [0.2, 0.25) is 5.95 Å². The molecule has 0 N–H and O–H groups in total. The van der Waals surface area contributed by atoms with Crippen LogP contribution in [0.15, 0.2) is 30.5 Å². The van der Waals surface area contributed by atoms with Gasteiger partial charge >= 0.3 is 0 Å². The number of aryl methyl sites for hydroxylation is 2. The topological polar surface area (TPSA) is 51.1 Å². The standard InChI is InChI=1S/C17H22N4O/c1-13-10-14(2)20-17(19-13)21-9-5-7-16(11-21)22-12-15-6-3-4-8-18-15/h3-4,6,8,10,16H,5,7,9,11-12H2,1-2H3/t16-/m0/s1. The van der Waals surface area contributed by atoms with Gasteiger partial charge in [0.05, 0.1) is 18.4 Å². The lowest BCUT2D eigenvalue weighted by atomic mass is 10.1. The van der Waals surface area contributed by atoms with Crippen molar-refractivity contribution in [2.45, 2.75) is 39.4 Å². The van der Waals surface area contributed by atoms with E-state index in [0.717, 1.165) is 49.0 Å². The maximum Gasteiger partial charge on any atom is 0.225 e. The molecule has 1 fully saturated rings. The van der Waals surface area contributed by atoms with Crippen LogP contribution in [0.3, 0.4) is 0 Å². The van der Waals surface area contributed by atoms with Gasteiger partial charge in [0.15, 0.2) is 0 Å². The van der Waals surface area contributed by atoms with Crippen molar-refractivity contribution < 1.29 is 4.74 Å². The van der Waals surface area contributed by atoms with Gasteiger partial charge in [-0.1, -0.05) is 6.07 Å². The Kier molecular flexibility index (Phi) is 4.63. The first-order chi connectivity index (χ1) is 10.7. The van der Waals surface area contributed by atoms with Crippen molar-refractivity contribution in [3.63, 3.8) is 0 Å². The van der Waals surface area contributed by atoms with Crippen molar-refractivity contribution in [3.05, 3.63) is 47.5 Å². The third-order valence-corrected chi connectivity index (χ3v) is 3.82. The van der Waals surface area contributed by atoms with Crippen molar-refractivity contribution in [1.82, 2.24) is 15.0 Å². The second-order valence-corrected chi connectivity index (χ2v) is 5.79. The highest BCUT2D eigenvalue weighted by Gasteiger charge is 2.22. The summed E-state index contributed by atoms with van der Waals surface area (Å²) in [7, 11) is 0. The van der Waals surface area contributed by atoms with E-state index >= 15 is 0 Å². The average Bonchev–Trinajstić information content (AvgIpc) is 2.53. The van der Waals surface area contributed by atoms with E-state index in [1.165, 1.54) is 0 Å². The van der Waals surface area contributed by atoms with Gasteiger partial charge < -0.3 is 9.64 Å². The van der Waals surface area contributed by atoms with Crippen LogP contribution in [0.25, 0.3) is 0 Å². The molecule has 1 aliphatic heterocycles. The zero-order chi connectivity index (χ0) is 15.4. The maximum absolute atomic E-state index is 6.02. The molecule has 0 spiro atoms. The highest BCUT2D eigenvalue weighted by atomic mass is 16.5. The molecule has 5 nitrogen and oxygen atoms in total. The summed E-state index contributed by atoms with van der Waals surface area (Å²) in [4.78, 5) is 15.6. The minimum Gasteiger partial charge on any atom is -0.370 e. The summed E-state index contributed by atoms with van der Waals surface area (Å²) in [5.41, 5.74) is 3.00. The van der Waals surface area contributed by atoms with Crippen molar-refractivity contribution >= 4 is 5.95 Å². The van der Waals surface area contributed by atoms with Gasteiger partial charge in [0.1, 0.15) is 0 Å². The number of hydrogen-bond acceptors (Lipinski definition) is 5. The summed E-state index contributed by atoms with van der Waals surface area (Å²) in [5.74, 6) is 0.823. The van der Waals surface area contributed by atoms with Gasteiger partial charge in [-0.2, -0.15) is 0 Å². The number of piperidine rings is 1. The number of aromatic nitrogens is 3. The van der Waals surface area contributed by atoms with Gasteiger partial charge in [-0.3, -0.25) is 4.98 Å².